The first-order valence-electron chi connectivity index (χ1n) is 7.51. The Labute approximate surface area is 143 Å². The quantitative estimate of drug-likeness (QED) is 0.710. The number of benzene rings is 2. The summed E-state index contributed by atoms with van der Waals surface area (Å²) in [5.41, 5.74) is 1.85. The number of likely N-dealkylation sites (N-methyl/N-ethyl adjacent to an activating group) is 1. The van der Waals surface area contributed by atoms with E-state index in [9.17, 15) is 9.18 Å². The lowest BCUT2D eigenvalue weighted by molar-refractivity contribution is 0.156. The standard InChI is InChI=1S/C18H17FN2O2S/c1-21(18(22)23)9-8-12-10-13(19)6-7-16(12)24-17-11-20-15-5-3-2-4-14(15)17/h2-7,10-11,20H,8-9H2,1H3,(H,22,23). The SMILES string of the molecule is CN(CCc1cc(F)ccc1Sc1c[nH]c2ccccc12)C(=O)O. The van der Waals surface area contributed by atoms with Gasteiger partial charge in [0.15, 0.2) is 0 Å². The van der Waals surface area contributed by atoms with Crippen LogP contribution in [0.15, 0.2) is 58.5 Å². The topological polar surface area (TPSA) is 56.3 Å². The van der Waals surface area contributed by atoms with Gasteiger partial charge in [-0.2, -0.15) is 0 Å². The number of H-pyrrole nitrogens is 1. The molecule has 0 saturated heterocycles. The summed E-state index contributed by atoms with van der Waals surface area (Å²) in [7, 11) is 1.51. The molecule has 0 bridgehead atoms. The van der Waals surface area contributed by atoms with Crippen LogP contribution in [0.5, 0.6) is 0 Å². The average Bonchev–Trinajstić information content (AvgIpc) is 2.97. The normalized spacial score (nSPS) is 10.9. The number of aromatic nitrogens is 1. The smallest absolute Gasteiger partial charge is 0.407 e. The van der Waals surface area contributed by atoms with Crippen LogP contribution in [0.2, 0.25) is 0 Å². The van der Waals surface area contributed by atoms with Gasteiger partial charge in [-0.15, -0.1) is 0 Å². The maximum Gasteiger partial charge on any atom is 0.407 e. The number of carboxylic acid groups (broad SMARTS) is 1. The molecule has 124 valence electrons. The van der Waals surface area contributed by atoms with Gasteiger partial charge in [-0.05, 0) is 36.2 Å². The van der Waals surface area contributed by atoms with E-state index in [2.05, 4.69) is 4.98 Å². The molecule has 0 saturated carbocycles. The zero-order chi connectivity index (χ0) is 17.1. The number of hydrogen-bond acceptors (Lipinski definition) is 2. The minimum absolute atomic E-state index is 0.314. The van der Waals surface area contributed by atoms with Crippen LogP contribution in [-0.2, 0) is 6.42 Å². The molecular weight excluding hydrogens is 327 g/mol. The fourth-order valence-electron chi connectivity index (χ4n) is 2.47. The molecule has 1 aromatic heterocycles. The minimum Gasteiger partial charge on any atom is -0.465 e. The molecule has 0 radical (unpaired) electrons. The first-order chi connectivity index (χ1) is 11.5. The maximum absolute atomic E-state index is 13.6. The van der Waals surface area contributed by atoms with Gasteiger partial charge in [0.1, 0.15) is 5.82 Å². The summed E-state index contributed by atoms with van der Waals surface area (Å²) in [5.74, 6) is -0.314. The molecule has 2 aromatic carbocycles. The van der Waals surface area contributed by atoms with Crippen molar-refractivity contribution in [1.82, 2.24) is 9.88 Å². The Morgan fingerprint density at radius 1 is 1.25 bits per heavy atom. The Kier molecular flexibility index (Phi) is 4.76. The number of para-hydroxylation sites is 1. The van der Waals surface area contributed by atoms with E-state index in [4.69, 9.17) is 5.11 Å². The van der Waals surface area contributed by atoms with Crippen LogP contribution in [0, 0.1) is 5.82 Å². The summed E-state index contributed by atoms with van der Waals surface area (Å²) in [6.07, 6.45) is 1.41. The Balaban J connectivity index is 1.86. The van der Waals surface area contributed by atoms with Gasteiger partial charge < -0.3 is 15.0 Å². The Morgan fingerprint density at radius 3 is 2.83 bits per heavy atom. The van der Waals surface area contributed by atoms with Crippen molar-refractivity contribution in [3.63, 3.8) is 0 Å². The first-order valence-corrected chi connectivity index (χ1v) is 8.32. The Morgan fingerprint density at radius 2 is 2.04 bits per heavy atom. The molecule has 0 aliphatic heterocycles. The molecule has 0 aliphatic rings. The summed E-state index contributed by atoms with van der Waals surface area (Å²) in [6, 6.07) is 12.7. The second-order valence-electron chi connectivity index (χ2n) is 5.51. The minimum atomic E-state index is -0.989. The van der Waals surface area contributed by atoms with Gasteiger partial charge in [0.25, 0.3) is 0 Å². The second-order valence-corrected chi connectivity index (χ2v) is 6.59. The molecule has 0 atom stereocenters. The van der Waals surface area contributed by atoms with Crippen LogP contribution < -0.4 is 0 Å². The monoisotopic (exact) mass is 344 g/mol. The number of fused-ring (bicyclic) bond motifs is 1. The van der Waals surface area contributed by atoms with Gasteiger partial charge in [-0.1, -0.05) is 30.0 Å². The van der Waals surface area contributed by atoms with E-state index in [1.807, 2.05) is 30.5 Å². The van der Waals surface area contributed by atoms with E-state index in [1.165, 1.54) is 24.1 Å². The van der Waals surface area contributed by atoms with Gasteiger partial charge in [-0.3, -0.25) is 0 Å². The fourth-order valence-corrected chi connectivity index (χ4v) is 3.55. The summed E-state index contributed by atoms with van der Waals surface area (Å²) in [5, 5.41) is 10.1. The molecule has 0 unspecified atom stereocenters. The highest BCUT2D eigenvalue weighted by molar-refractivity contribution is 7.99. The number of halogens is 1. The molecular formula is C18H17FN2O2S. The highest BCUT2D eigenvalue weighted by Crippen LogP contribution is 2.35. The number of rotatable bonds is 5. The predicted molar refractivity (Wildman–Crippen MR) is 93.2 cm³/mol. The predicted octanol–water partition coefficient (Wildman–Crippen LogP) is 4.61. The van der Waals surface area contributed by atoms with Gasteiger partial charge in [0, 0.05) is 40.5 Å². The largest absolute Gasteiger partial charge is 0.465 e. The maximum atomic E-state index is 13.6. The third-order valence-corrected chi connectivity index (χ3v) is 5.01. The average molecular weight is 344 g/mol. The summed E-state index contributed by atoms with van der Waals surface area (Å²) in [4.78, 5) is 17.3. The highest BCUT2D eigenvalue weighted by atomic mass is 32.2. The number of aromatic amines is 1. The van der Waals surface area contributed by atoms with Gasteiger partial charge in [0.05, 0.1) is 0 Å². The van der Waals surface area contributed by atoms with E-state index >= 15 is 0 Å². The van der Waals surface area contributed by atoms with E-state index < -0.39 is 6.09 Å². The fraction of sp³-hybridized carbons (Fsp3) is 0.167. The zero-order valence-corrected chi connectivity index (χ0v) is 13.9. The van der Waals surface area contributed by atoms with Crippen LogP contribution >= 0.6 is 11.8 Å². The Bertz CT molecular complexity index is 878. The van der Waals surface area contributed by atoms with Crippen LogP contribution in [0.3, 0.4) is 0 Å². The van der Waals surface area contributed by atoms with Crippen molar-refractivity contribution in [2.45, 2.75) is 16.2 Å². The molecule has 3 rings (SSSR count). The molecule has 1 amide bonds. The van der Waals surface area contributed by atoms with E-state index in [-0.39, 0.29) is 5.82 Å². The molecule has 2 N–H and O–H groups in total. The second kappa shape index (κ2) is 6.97. The summed E-state index contributed by atoms with van der Waals surface area (Å²) in [6.45, 7) is 0.320. The van der Waals surface area contributed by atoms with Crippen molar-refractivity contribution >= 4 is 28.8 Å². The van der Waals surface area contributed by atoms with Crippen molar-refractivity contribution < 1.29 is 14.3 Å². The van der Waals surface area contributed by atoms with E-state index in [0.717, 1.165) is 26.3 Å². The van der Waals surface area contributed by atoms with E-state index in [0.29, 0.717) is 13.0 Å². The number of nitrogens with one attached hydrogen (secondary N) is 1. The first kappa shape index (κ1) is 16.4. The lowest BCUT2D eigenvalue weighted by Crippen LogP contribution is -2.27. The number of amides is 1. The molecule has 24 heavy (non-hydrogen) atoms. The van der Waals surface area contributed by atoms with Crippen molar-refractivity contribution in [2.24, 2.45) is 0 Å². The van der Waals surface area contributed by atoms with Crippen molar-refractivity contribution in [3.05, 3.63) is 60.0 Å². The third kappa shape index (κ3) is 3.54. The molecule has 0 fully saturated rings. The molecule has 4 nitrogen and oxygen atoms in total. The van der Waals surface area contributed by atoms with Crippen molar-refractivity contribution in [2.75, 3.05) is 13.6 Å². The van der Waals surface area contributed by atoms with Crippen molar-refractivity contribution in [3.8, 4) is 0 Å². The summed E-state index contributed by atoms with van der Waals surface area (Å²) < 4.78 is 13.6. The number of hydrogen-bond donors (Lipinski definition) is 2. The highest BCUT2D eigenvalue weighted by Gasteiger charge is 2.12. The molecule has 0 aliphatic carbocycles. The molecule has 1 heterocycles. The number of nitrogens with zero attached hydrogens (tertiary/aromatic N) is 1. The van der Waals surface area contributed by atoms with Crippen molar-refractivity contribution in [1.29, 1.82) is 0 Å². The summed E-state index contributed by atoms with van der Waals surface area (Å²) >= 11 is 1.56. The van der Waals surface area contributed by atoms with Gasteiger partial charge in [0.2, 0.25) is 0 Å². The molecule has 6 heteroatoms. The van der Waals surface area contributed by atoms with Crippen LogP contribution in [-0.4, -0.2) is 34.7 Å². The van der Waals surface area contributed by atoms with Crippen LogP contribution in [0.1, 0.15) is 5.56 Å². The van der Waals surface area contributed by atoms with Gasteiger partial charge in [-0.25, -0.2) is 9.18 Å². The van der Waals surface area contributed by atoms with Crippen LogP contribution in [0.25, 0.3) is 10.9 Å². The van der Waals surface area contributed by atoms with Gasteiger partial charge >= 0.3 is 6.09 Å². The van der Waals surface area contributed by atoms with E-state index in [1.54, 1.807) is 17.8 Å². The van der Waals surface area contributed by atoms with Crippen LogP contribution in [0.4, 0.5) is 9.18 Å². The lowest BCUT2D eigenvalue weighted by atomic mass is 10.1. The Hall–Kier alpha value is -2.47. The zero-order valence-electron chi connectivity index (χ0n) is 13.1. The number of carbonyl (C=O) groups is 1. The lowest BCUT2D eigenvalue weighted by Gasteiger charge is -2.14. The molecule has 0 spiro atoms. The molecule has 3 aromatic rings. The third-order valence-electron chi connectivity index (χ3n) is 3.84.